The van der Waals surface area contributed by atoms with Gasteiger partial charge in [0.05, 0.1) is 21.8 Å². The lowest BCUT2D eigenvalue weighted by molar-refractivity contribution is 0.0649. The van der Waals surface area contributed by atoms with Crippen molar-refractivity contribution in [1.82, 2.24) is 14.8 Å². The van der Waals surface area contributed by atoms with E-state index in [0.717, 1.165) is 6.54 Å². The van der Waals surface area contributed by atoms with Gasteiger partial charge in [0.15, 0.2) is 0 Å². The highest BCUT2D eigenvalue weighted by molar-refractivity contribution is 6.34. The van der Waals surface area contributed by atoms with E-state index >= 15 is 0 Å². The average molecular weight is 402 g/mol. The van der Waals surface area contributed by atoms with E-state index in [1.807, 2.05) is 19.0 Å². The monoisotopic (exact) mass is 401 g/mol. The maximum absolute atomic E-state index is 12.6. The highest BCUT2D eigenvalue weighted by atomic mass is 35.5. The van der Waals surface area contributed by atoms with E-state index in [-0.39, 0.29) is 33.8 Å². The molecule has 2 heterocycles. The maximum Gasteiger partial charge on any atom is 0.261 e. The van der Waals surface area contributed by atoms with Gasteiger partial charge in [0.25, 0.3) is 17.4 Å². The van der Waals surface area contributed by atoms with Gasteiger partial charge in [-0.05, 0) is 51.3 Å². The maximum atomic E-state index is 12.6. The molecule has 0 fully saturated rings. The van der Waals surface area contributed by atoms with Gasteiger partial charge < -0.3 is 15.6 Å². The standard InChI is InChI=1S/C19H20ClN5O3/c1-24(2)8-3-9-25-18(27)12-5-4-11(10-13(12)19(25)28)23-16(21)15-14(20)6-7-22-17(15)26/h4-7,10H,3,8-9H2,1-2H3,(H2,21,23)(H,22,26). The zero-order valence-electron chi connectivity index (χ0n) is 15.5. The molecule has 1 aliphatic rings. The third kappa shape index (κ3) is 3.83. The van der Waals surface area contributed by atoms with Crippen molar-refractivity contribution >= 4 is 34.9 Å². The Balaban J connectivity index is 1.88. The number of nitrogens with one attached hydrogen (secondary N) is 1. The number of aromatic nitrogens is 1. The van der Waals surface area contributed by atoms with Crippen LogP contribution in [0.15, 0.2) is 40.2 Å². The summed E-state index contributed by atoms with van der Waals surface area (Å²) in [5.41, 5.74) is 6.49. The molecular weight excluding hydrogens is 382 g/mol. The van der Waals surface area contributed by atoms with Crippen molar-refractivity contribution < 1.29 is 9.59 Å². The fourth-order valence-electron chi connectivity index (χ4n) is 2.98. The van der Waals surface area contributed by atoms with Crippen molar-refractivity contribution in [1.29, 1.82) is 0 Å². The minimum atomic E-state index is -0.465. The lowest BCUT2D eigenvalue weighted by Crippen LogP contribution is -2.32. The normalized spacial score (nSPS) is 14.1. The summed E-state index contributed by atoms with van der Waals surface area (Å²) in [6.07, 6.45) is 2.09. The van der Waals surface area contributed by atoms with E-state index < -0.39 is 5.56 Å². The first-order valence-electron chi connectivity index (χ1n) is 8.66. The number of benzene rings is 1. The first-order valence-corrected chi connectivity index (χ1v) is 9.04. The number of pyridine rings is 1. The SMILES string of the molecule is CN(C)CCCN1C(=O)c2ccc(/N=C(\N)c3c(Cl)cc[nH]c3=O)cc2C1=O. The molecule has 9 heteroatoms. The van der Waals surface area contributed by atoms with Crippen LogP contribution in [0.1, 0.15) is 32.7 Å². The van der Waals surface area contributed by atoms with Gasteiger partial charge in [-0.1, -0.05) is 11.6 Å². The topological polar surface area (TPSA) is 112 Å². The third-order valence-corrected chi connectivity index (χ3v) is 4.67. The molecule has 1 aromatic carbocycles. The number of nitrogens with two attached hydrogens (primary N) is 1. The van der Waals surface area contributed by atoms with Gasteiger partial charge in [-0.25, -0.2) is 4.99 Å². The van der Waals surface area contributed by atoms with Crippen LogP contribution in [-0.4, -0.2) is 59.6 Å². The molecule has 0 bridgehead atoms. The number of amidine groups is 1. The fraction of sp³-hybridized carbons (Fsp3) is 0.263. The molecule has 2 aromatic rings. The molecule has 1 aliphatic heterocycles. The Morgan fingerprint density at radius 3 is 2.57 bits per heavy atom. The smallest absolute Gasteiger partial charge is 0.261 e. The number of halogens is 1. The van der Waals surface area contributed by atoms with Crippen LogP contribution in [-0.2, 0) is 0 Å². The highest BCUT2D eigenvalue weighted by Gasteiger charge is 2.35. The van der Waals surface area contributed by atoms with Crippen molar-refractivity contribution in [2.45, 2.75) is 6.42 Å². The van der Waals surface area contributed by atoms with Crippen molar-refractivity contribution in [3.63, 3.8) is 0 Å². The minimum Gasteiger partial charge on any atom is -0.383 e. The van der Waals surface area contributed by atoms with Crippen LogP contribution in [0.3, 0.4) is 0 Å². The molecule has 0 saturated heterocycles. The summed E-state index contributed by atoms with van der Waals surface area (Å²) < 4.78 is 0. The molecule has 0 aliphatic carbocycles. The second-order valence-corrected chi connectivity index (χ2v) is 7.08. The van der Waals surface area contributed by atoms with Crippen molar-refractivity contribution in [3.8, 4) is 0 Å². The van der Waals surface area contributed by atoms with Crippen LogP contribution in [0.4, 0.5) is 5.69 Å². The molecule has 2 amide bonds. The Bertz CT molecular complexity index is 1030. The lowest BCUT2D eigenvalue weighted by atomic mass is 10.1. The molecule has 146 valence electrons. The molecule has 1 aromatic heterocycles. The number of aliphatic imine (C=N–C) groups is 1. The van der Waals surface area contributed by atoms with Crippen LogP contribution < -0.4 is 11.3 Å². The number of nitrogens with zero attached hydrogens (tertiary/aromatic N) is 3. The van der Waals surface area contributed by atoms with Crippen molar-refractivity contribution in [2.75, 3.05) is 27.2 Å². The number of aromatic amines is 1. The molecule has 3 N–H and O–H groups in total. The molecule has 0 spiro atoms. The van der Waals surface area contributed by atoms with Gasteiger partial charge in [-0.2, -0.15) is 0 Å². The van der Waals surface area contributed by atoms with Crippen molar-refractivity contribution in [2.24, 2.45) is 10.7 Å². The average Bonchev–Trinajstić information content (AvgIpc) is 2.86. The highest BCUT2D eigenvalue weighted by Crippen LogP contribution is 2.27. The van der Waals surface area contributed by atoms with E-state index in [4.69, 9.17) is 17.3 Å². The first kappa shape index (κ1) is 19.8. The van der Waals surface area contributed by atoms with E-state index in [2.05, 4.69) is 9.98 Å². The predicted molar refractivity (Wildman–Crippen MR) is 107 cm³/mol. The van der Waals surface area contributed by atoms with Gasteiger partial charge >= 0.3 is 0 Å². The number of fused-ring (bicyclic) bond motifs is 1. The number of amides is 2. The third-order valence-electron chi connectivity index (χ3n) is 4.36. The Kier molecular flexibility index (Phi) is 5.62. The quantitative estimate of drug-likeness (QED) is 0.434. The Hall–Kier alpha value is -2.97. The van der Waals surface area contributed by atoms with Crippen LogP contribution in [0.2, 0.25) is 5.02 Å². The summed E-state index contributed by atoms with van der Waals surface area (Å²) in [4.78, 5) is 47.0. The Morgan fingerprint density at radius 1 is 1.18 bits per heavy atom. The van der Waals surface area contributed by atoms with Crippen LogP contribution in [0, 0.1) is 0 Å². The molecule has 0 unspecified atom stereocenters. The second kappa shape index (κ2) is 7.95. The summed E-state index contributed by atoms with van der Waals surface area (Å²) in [6.45, 7) is 1.12. The van der Waals surface area contributed by atoms with E-state index in [1.165, 1.54) is 23.2 Å². The van der Waals surface area contributed by atoms with Crippen LogP contribution in [0.5, 0.6) is 0 Å². The van der Waals surface area contributed by atoms with Gasteiger partial charge in [-0.15, -0.1) is 0 Å². The van der Waals surface area contributed by atoms with E-state index in [1.54, 1.807) is 12.1 Å². The molecule has 0 saturated carbocycles. The summed E-state index contributed by atoms with van der Waals surface area (Å²) in [6, 6.07) is 6.12. The fourth-order valence-corrected chi connectivity index (χ4v) is 3.23. The number of imide groups is 1. The number of H-pyrrole nitrogens is 1. The minimum absolute atomic E-state index is 0.0531. The van der Waals surface area contributed by atoms with Gasteiger partial charge in [0.1, 0.15) is 11.4 Å². The van der Waals surface area contributed by atoms with Gasteiger partial charge in [0, 0.05) is 12.7 Å². The molecule has 0 atom stereocenters. The predicted octanol–water partition coefficient (Wildman–Crippen LogP) is 1.61. The zero-order valence-corrected chi connectivity index (χ0v) is 16.3. The number of hydrogen-bond donors (Lipinski definition) is 2. The van der Waals surface area contributed by atoms with Crippen LogP contribution >= 0.6 is 11.6 Å². The molecule has 8 nitrogen and oxygen atoms in total. The van der Waals surface area contributed by atoms with Crippen LogP contribution in [0.25, 0.3) is 0 Å². The van der Waals surface area contributed by atoms with E-state index in [0.29, 0.717) is 24.2 Å². The number of carbonyl (C=O) groups excluding carboxylic acids is 2. The second-order valence-electron chi connectivity index (χ2n) is 6.68. The van der Waals surface area contributed by atoms with Gasteiger partial charge in [0.2, 0.25) is 0 Å². The van der Waals surface area contributed by atoms with E-state index in [9.17, 15) is 14.4 Å². The first-order chi connectivity index (χ1) is 13.3. The summed E-state index contributed by atoms with van der Waals surface area (Å²) >= 11 is 6.03. The van der Waals surface area contributed by atoms with Gasteiger partial charge in [-0.3, -0.25) is 19.3 Å². The summed E-state index contributed by atoms with van der Waals surface area (Å²) in [5.74, 6) is -0.749. The lowest BCUT2D eigenvalue weighted by Gasteiger charge is -2.15. The Labute approximate surface area is 166 Å². The largest absolute Gasteiger partial charge is 0.383 e. The summed E-state index contributed by atoms with van der Waals surface area (Å²) in [7, 11) is 3.86. The number of rotatable bonds is 6. The molecule has 28 heavy (non-hydrogen) atoms. The number of carbonyl (C=O) groups is 2. The Morgan fingerprint density at radius 2 is 1.89 bits per heavy atom. The molecular formula is C19H20ClN5O3. The zero-order chi connectivity index (χ0) is 20.4. The summed E-state index contributed by atoms with van der Waals surface area (Å²) in [5, 5.41) is 0.171. The molecule has 0 radical (unpaired) electrons. The van der Waals surface area contributed by atoms with Crippen molar-refractivity contribution in [3.05, 3.63) is 62.5 Å². The number of hydrogen-bond acceptors (Lipinski definition) is 5. The molecule has 3 rings (SSSR count).